The SMILES string of the molecule is C=CC/C=C\C(=C/C)CCC(C)Cc1[nH]nc(-c2ccc(F)cc2)c1-c1ccncc1. The predicted molar refractivity (Wildman–Crippen MR) is 127 cm³/mol. The number of allylic oxidation sites excluding steroid dienone is 5. The Kier molecular flexibility index (Phi) is 8.11. The van der Waals surface area contributed by atoms with Crippen LogP contribution >= 0.6 is 0 Å². The van der Waals surface area contributed by atoms with Crippen molar-refractivity contribution in [3.05, 3.63) is 96.8 Å². The molecule has 2 aromatic heterocycles. The molecule has 0 spiro atoms. The van der Waals surface area contributed by atoms with Gasteiger partial charge in [-0.2, -0.15) is 5.10 Å². The third-order valence-corrected chi connectivity index (χ3v) is 5.41. The monoisotopic (exact) mass is 415 g/mol. The summed E-state index contributed by atoms with van der Waals surface area (Å²) in [5.74, 6) is 0.227. The lowest BCUT2D eigenvalue weighted by molar-refractivity contribution is 0.525. The number of hydrogen-bond acceptors (Lipinski definition) is 2. The Labute approximate surface area is 184 Å². The van der Waals surface area contributed by atoms with Crippen molar-refractivity contribution in [1.82, 2.24) is 15.2 Å². The molecule has 0 saturated carbocycles. The molecule has 0 bridgehead atoms. The number of H-pyrrole nitrogens is 1. The summed E-state index contributed by atoms with van der Waals surface area (Å²) in [5.41, 5.74) is 6.31. The van der Waals surface area contributed by atoms with Crippen LogP contribution in [0.5, 0.6) is 0 Å². The zero-order chi connectivity index (χ0) is 22.1. The number of rotatable bonds is 10. The van der Waals surface area contributed by atoms with E-state index >= 15 is 0 Å². The van der Waals surface area contributed by atoms with Crippen molar-refractivity contribution in [2.24, 2.45) is 5.92 Å². The number of aromatic nitrogens is 3. The van der Waals surface area contributed by atoms with Gasteiger partial charge in [0, 0.05) is 29.2 Å². The van der Waals surface area contributed by atoms with Crippen molar-refractivity contribution in [1.29, 1.82) is 0 Å². The predicted octanol–water partition coefficient (Wildman–Crippen LogP) is 7.32. The molecule has 0 fully saturated rings. The first kappa shape index (κ1) is 22.4. The minimum atomic E-state index is -0.250. The summed E-state index contributed by atoms with van der Waals surface area (Å²) in [6.07, 6.45) is 15.9. The van der Waals surface area contributed by atoms with Crippen LogP contribution in [0.1, 0.15) is 38.8 Å². The average Bonchev–Trinajstić information content (AvgIpc) is 3.20. The van der Waals surface area contributed by atoms with Gasteiger partial charge in [0.05, 0.1) is 0 Å². The topological polar surface area (TPSA) is 41.6 Å². The number of benzene rings is 1. The van der Waals surface area contributed by atoms with Crippen molar-refractivity contribution in [3.8, 4) is 22.4 Å². The number of nitrogens with zero attached hydrogens (tertiary/aromatic N) is 2. The Balaban J connectivity index is 1.81. The third-order valence-electron chi connectivity index (χ3n) is 5.41. The van der Waals surface area contributed by atoms with E-state index in [2.05, 4.69) is 53.8 Å². The van der Waals surface area contributed by atoms with Crippen LogP contribution in [0.2, 0.25) is 0 Å². The highest BCUT2D eigenvalue weighted by Crippen LogP contribution is 2.34. The number of pyridine rings is 1. The first-order valence-corrected chi connectivity index (χ1v) is 10.8. The smallest absolute Gasteiger partial charge is 0.123 e. The number of nitrogens with one attached hydrogen (secondary N) is 1. The van der Waals surface area contributed by atoms with E-state index in [1.807, 2.05) is 18.2 Å². The second-order valence-electron chi connectivity index (χ2n) is 7.81. The van der Waals surface area contributed by atoms with E-state index in [4.69, 9.17) is 0 Å². The molecule has 3 rings (SSSR count). The second kappa shape index (κ2) is 11.2. The average molecular weight is 416 g/mol. The standard InChI is InChI=1S/C27H30FN3/c1-4-6-7-8-21(5-2)10-9-20(3)19-25-26(22-15-17-29-18-16-22)27(31-30-25)23-11-13-24(28)14-12-23/h4-5,7-8,11-18,20H,1,6,9-10,19H2,2-3H3,(H,30,31)/b8-7-,21-5+. The molecule has 0 aliphatic rings. The maximum absolute atomic E-state index is 13.4. The molecule has 0 saturated heterocycles. The van der Waals surface area contributed by atoms with Crippen molar-refractivity contribution in [3.63, 3.8) is 0 Å². The van der Waals surface area contributed by atoms with Gasteiger partial charge in [-0.1, -0.05) is 36.8 Å². The van der Waals surface area contributed by atoms with Gasteiger partial charge in [-0.3, -0.25) is 10.1 Å². The van der Waals surface area contributed by atoms with Gasteiger partial charge >= 0.3 is 0 Å². The van der Waals surface area contributed by atoms with Crippen molar-refractivity contribution in [2.75, 3.05) is 0 Å². The van der Waals surface area contributed by atoms with Gasteiger partial charge < -0.3 is 0 Å². The number of aromatic amines is 1. The highest BCUT2D eigenvalue weighted by atomic mass is 19.1. The Morgan fingerprint density at radius 3 is 2.55 bits per heavy atom. The molecular formula is C27H30FN3. The molecule has 31 heavy (non-hydrogen) atoms. The van der Waals surface area contributed by atoms with Crippen LogP contribution in [0.4, 0.5) is 4.39 Å². The third kappa shape index (κ3) is 6.11. The fourth-order valence-electron chi connectivity index (χ4n) is 3.68. The molecule has 1 unspecified atom stereocenters. The summed E-state index contributed by atoms with van der Waals surface area (Å²) in [6, 6.07) is 10.5. The fraction of sp³-hybridized carbons (Fsp3) is 0.259. The van der Waals surface area contributed by atoms with E-state index in [9.17, 15) is 4.39 Å². The molecule has 160 valence electrons. The van der Waals surface area contributed by atoms with Crippen LogP contribution in [0.15, 0.2) is 85.2 Å². The maximum atomic E-state index is 13.4. The van der Waals surface area contributed by atoms with Gasteiger partial charge in [0.2, 0.25) is 0 Å². The van der Waals surface area contributed by atoms with E-state index in [1.165, 1.54) is 17.7 Å². The lowest BCUT2D eigenvalue weighted by Gasteiger charge is -2.13. The molecular weight excluding hydrogens is 385 g/mol. The van der Waals surface area contributed by atoms with Gasteiger partial charge in [0.1, 0.15) is 11.5 Å². The van der Waals surface area contributed by atoms with Gasteiger partial charge in [-0.05, 0) is 80.5 Å². The summed E-state index contributed by atoms with van der Waals surface area (Å²) in [5, 5.41) is 7.86. The van der Waals surface area contributed by atoms with Crippen LogP contribution in [0.3, 0.4) is 0 Å². The molecule has 0 aliphatic carbocycles. The van der Waals surface area contributed by atoms with Gasteiger partial charge in [-0.15, -0.1) is 6.58 Å². The second-order valence-corrected chi connectivity index (χ2v) is 7.81. The highest BCUT2D eigenvalue weighted by Gasteiger charge is 2.18. The molecule has 1 atom stereocenters. The fourth-order valence-corrected chi connectivity index (χ4v) is 3.68. The first-order valence-electron chi connectivity index (χ1n) is 10.8. The van der Waals surface area contributed by atoms with Gasteiger partial charge in [0.25, 0.3) is 0 Å². The van der Waals surface area contributed by atoms with Gasteiger partial charge in [0.15, 0.2) is 0 Å². The Morgan fingerprint density at radius 2 is 1.87 bits per heavy atom. The molecule has 0 radical (unpaired) electrons. The van der Waals surface area contributed by atoms with Crippen molar-refractivity contribution < 1.29 is 4.39 Å². The molecule has 3 aromatic rings. The van der Waals surface area contributed by atoms with Crippen molar-refractivity contribution >= 4 is 0 Å². The molecule has 4 heteroatoms. The lowest BCUT2D eigenvalue weighted by atomic mass is 9.92. The lowest BCUT2D eigenvalue weighted by Crippen LogP contribution is -2.02. The van der Waals surface area contributed by atoms with Crippen molar-refractivity contribution in [2.45, 2.75) is 39.5 Å². The molecule has 0 amide bonds. The van der Waals surface area contributed by atoms with Crippen LogP contribution < -0.4 is 0 Å². The maximum Gasteiger partial charge on any atom is 0.123 e. The molecule has 1 N–H and O–H groups in total. The van der Waals surface area contributed by atoms with E-state index in [1.54, 1.807) is 24.5 Å². The van der Waals surface area contributed by atoms with Crippen LogP contribution in [-0.2, 0) is 6.42 Å². The van der Waals surface area contributed by atoms with Crippen LogP contribution in [-0.4, -0.2) is 15.2 Å². The van der Waals surface area contributed by atoms with E-state index in [-0.39, 0.29) is 5.82 Å². The normalized spacial score (nSPS) is 12.9. The van der Waals surface area contributed by atoms with Gasteiger partial charge in [-0.25, -0.2) is 4.39 Å². The number of halogens is 1. The minimum absolute atomic E-state index is 0.250. The number of hydrogen-bond donors (Lipinski definition) is 1. The molecule has 2 heterocycles. The molecule has 1 aromatic carbocycles. The quantitative estimate of drug-likeness (QED) is 0.278. The summed E-state index contributed by atoms with van der Waals surface area (Å²) >= 11 is 0. The molecule has 0 aliphatic heterocycles. The zero-order valence-corrected chi connectivity index (χ0v) is 18.3. The van der Waals surface area contributed by atoms with E-state index in [0.29, 0.717) is 5.92 Å². The Bertz CT molecular complexity index is 1030. The highest BCUT2D eigenvalue weighted by molar-refractivity contribution is 5.82. The van der Waals surface area contributed by atoms with Crippen LogP contribution in [0, 0.1) is 11.7 Å². The molecule has 3 nitrogen and oxygen atoms in total. The summed E-state index contributed by atoms with van der Waals surface area (Å²) in [6.45, 7) is 8.12. The Hall–Kier alpha value is -3.27. The largest absolute Gasteiger partial charge is 0.281 e. The van der Waals surface area contributed by atoms with E-state index < -0.39 is 0 Å². The summed E-state index contributed by atoms with van der Waals surface area (Å²) in [7, 11) is 0. The Morgan fingerprint density at radius 1 is 1.13 bits per heavy atom. The summed E-state index contributed by atoms with van der Waals surface area (Å²) in [4.78, 5) is 4.15. The minimum Gasteiger partial charge on any atom is -0.281 e. The summed E-state index contributed by atoms with van der Waals surface area (Å²) < 4.78 is 13.4. The van der Waals surface area contributed by atoms with Crippen LogP contribution in [0.25, 0.3) is 22.4 Å². The first-order chi connectivity index (χ1) is 15.1. The zero-order valence-electron chi connectivity index (χ0n) is 18.3. The van der Waals surface area contributed by atoms with E-state index in [0.717, 1.165) is 53.8 Å².